The highest BCUT2D eigenvalue weighted by Gasteiger charge is 2.22. The van der Waals surface area contributed by atoms with Crippen LogP contribution in [0.2, 0.25) is 0 Å². The number of benzene rings is 1. The molecule has 0 saturated heterocycles. The van der Waals surface area contributed by atoms with Gasteiger partial charge in [-0.25, -0.2) is 4.98 Å². The number of aromatic amines is 1. The van der Waals surface area contributed by atoms with Gasteiger partial charge in [0, 0.05) is 16.5 Å². The second kappa shape index (κ2) is 5.12. The number of para-hydroxylation sites is 1. The standard InChI is InChI=1S/C14H12N4O2S2/c1-8-14(17-9(2)21-8)22(19,20)18-12-5-3-4-11-10(6-15)7-16-13(11)12/h3-5,7,16,18H,1-2H3. The van der Waals surface area contributed by atoms with Gasteiger partial charge in [0.15, 0.2) is 5.03 Å². The second-order valence-corrected chi connectivity index (χ2v) is 7.75. The third-order valence-corrected chi connectivity index (χ3v) is 5.61. The normalized spacial score (nSPS) is 11.5. The lowest BCUT2D eigenvalue weighted by atomic mass is 10.2. The molecule has 3 aromatic rings. The number of thiazole rings is 1. The van der Waals surface area contributed by atoms with E-state index >= 15 is 0 Å². The van der Waals surface area contributed by atoms with Crippen LogP contribution in [0.1, 0.15) is 15.4 Å². The number of aryl methyl sites for hydroxylation is 2. The van der Waals surface area contributed by atoms with Crippen LogP contribution in [0.5, 0.6) is 0 Å². The summed E-state index contributed by atoms with van der Waals surface area (Å²) in [6, 6.07) is 7.18. The molecule has 0 aliphatic heterocycles. The predicted octanol–water partition coefficient (Wildman–Crippen LogP) is 2.91. The van der Waals surface area contributed by atoms with E-state index in [0.717, 1.165) is 0 Å². The van der Waals surface area contributed by atoms with Crippen LogP contribution in [-0.2, 0) is 10.0 Å². The van der Waals surface area contributed by atoms with Crippen molar-refractivity contribution < 1.29 is 8.42 Å². The number of anilines is 1. The van der Waals surface area contributed by atoms with Gasteiger partial charge in [0.1, 0.15) is 6.07 Å². The zero-order valence-corrected chi connectivity index (χ0v) is 13.5. The van der Waals surface area contributed by atoms with Gasteiger partial charge in [0.05, 0.1) is 21.8 Å². The van der Waals surface area contributed by atoms with E-state index in [1.807, 2.05) is 0 Å². The molecule has 2 heterocycles. The van der Waals surface area contributed by atoms with E-state index in [9.17, 15) is 8.42 Å². The van der Waals surface area contributed by atoms with Crippen molar-refractivity contribution in [1.82, 2.24) is 9.97 Å². The van der Waals surface area contributed by atoms with Crippen LogP contribution in [0, 0.1) is 25.2 Å². The molecule has 0 aliphatic carbocycles. The van der Waals surface area contributed by atoms with E-state index in [2.05, 4.69) is 20.8 Å². The van der Waals surface area contributed by atoms with Crippen LogP contribution >= 0.6 is 11.3 Å². The molecule has 0 radical (unpaired) electrons. The van der Waals surface area contributed by atoms with Gasteiger partial charge < -0.3 is 4.98 Å². The molecule has 112 valence electrons. The monoisotopic (exact) mass is 332 g/mol. The summed E-state index contributed by atoms with van der Waals surface area (Å²) in [6.07, 6.45) is 1.56. The summed E-state index contributed by atoms with van der Waals surface area (Å²) in [6.45, 7) is 3.49. The fraction of sp³-hybridized carbons (Fsp3) is 0.143. The van der Waals surface area contributed by atoms with Gasteiger partial charge >= 0.3 is 0 Å². The molecule has 8 heteroatoms. The van der Waals surface area contributed by atoms with Crippen molar-refractivity contribution in [3.8, 4) is 6.07 Å². The molecular formula is C14H12N4O2S2. The van der Waals surface area contributed by atoms with Gasteiger partial charge in [-0.05, 0) is 19.9 Å². The number of rotatable bonds is 3. The topological polar surface area (TPSA) is 98.6 Å². The minimum absolute atomic E-state index is 0.0408. The maximum atomic E-state index is 12.5. The van der Waals surface area contributed by atoms with Crippen LogP contribution in [0.3, 0.4) is 0 Å². The summed E-state index contributed by atoms with van der Waals surface area (Å²) in [7, 11) is -3.77. The van der Waals surface area contributed by atoms with Crippen molar-refractivity contribution >= 4 is 38.0 Å². The molecular weight excluding hydrogens is 320 g/mol. The Morgan fingerprint density at radius 3 is 2.77 bits per heavy atom. The predicted molar refractivity (Wildman–Crippen MR) is 85.4 cm³/mol. The molecule has 1 aromatic carbocycles. The van der Waals surface area contributed by atoms with Crippen molar-refractivity contribution in [3.63, 3.8) is 0 Å². The van der Waals surface area contributed by atoms with Crippen molar-refractivity contribution in [1.29, 1.82) is 5.26 Å². The fourth-order valence-electron chi connectivity index (χ4n) is 2.28. The fourth-order valence-corrected chi connectivity index (χ4v) is 4.70. The van der Waals surface area contributed by atoms with Crippen LogP contribution in [0.25, 0.3) is 10.9 Å². The Hall–Kier alpha value is -2.37. The van der Waals surface area contributed by atoms with E-state index in [-0.39, 0.29) is 5.03 Å². The largest absolute Gasteiger partial charge is 0.358 e. The van der Waals surface area contributed by atoms with Gasteiger partial charge in [-0.2, -0.15) is 13.7 Å². The highest BCUT2D eigenvalue weighted by atomic mass is 32.2. The number of sulfonamides is 1. The number of aromatic nitrogens is 2. The Balaban J connectivity index is 2.09. The molecule has 0 atom stereocenters. The number of H-pyrrole nitrogens is 1. The number of nitrogens with zero attached hydrogens (tertiary/aromatic N) is 2. The minimum Gasteiger partial charge on any atom is -0.358 e. The molecule has 6 nitrogen and oxygen atoms in total. The number of nitriles is 1. The summed E-state index contributed by atoms with van der Waals surface area (Å²) >= 11 is 1.34. The number of nitrogens with one attached hydrogen (secondary N) is 2. The zero-order valence-electron chi connectivity index (χ0n) is 11.8. The molecule has 0 spiro atoms. The first kappa shape index (κ1) is 14.6. The van der Waals surface area contributed by atoms with Crippen LogP contribution in [-0.4, -0.2) is 18.4 Å². The molecule has 0 amide bonds. The minimum atomic E-state index is -3.77. The van der Waals surface area contributed by atoms with E-state index in [1.165, 1.54) is 11.3 Å². The molecule has 0 saturated carbocycles. The summed E-state index contributed by atoms with van der Waals surface area (Å²) in [5.41, 5.74) is 1.44. The summed E-state index contributed by atoms with van der Waals surface area (Å²) in [4.78, 5) is 7.66. The van der Waals surface area contributed by atoms with Crippen molar-refractivity contribution in [2.45, 2.75) is 18.9 Å². The van der Waals surface area contributed by atoms with Crippen molar-refractivity contribution in [2.75, 3.05) is 4.72 Å². The van der Waals surface area contributed by atoms with E-state index < -0.39 is 10.0 Å². The molecule has 3 rings (SSSR count). The van der Waals surface area contributed by atoms with Gasteiger partial charge in [-0.3, -0.25) is 4.72 Å². The van der Waals surface area contributed by atoms with Gasteiger partial charge in [0.25, 0.3) is 10.0 Å². The Labute approximate surface area is 131 Å². The first-order valence-electron chi connectivity index (χ1n) is 6.39. The number of fused-ring (bicyclic) bond motifs is 1. The highest BCUT2D eigenvalue weighted by molar-refractivity contribution is 7.92. The molecule has 0 unspecified atom stereocenters. The molecule has 0 bridgehead atoms. The number of hydrogen-bond acceptors (Lipinski definition) is 5. The lowest BCUT2D eigenvalue weighted by Gasteiger charge is -2.08. The lowest BCUT2D eigenvalue weighted by Crippen LogP contribution is -2.14. The summed E-state index contributed by atoms with van der Waals surface area (Å²) in [5, 5.41) is 10.5. The molecule has 0 fully saturated rings. The maximum absolute atomic E-state index is 12.5. The average Bonchev–Trinajstić information content (AvgIpc) is 3.02. The summed E-state index contributed by atoms with van der Waals surface area (Å²) < 4.78 is 27.6. The zero-order chi connectivity index (χ0) is 15.9. The molecule has 0 aliphatic rings. The van der Waals surface area contributed by atoms with E-state index in [0.29, 0.717) is 32.0 Å². The smallest absolute Gasteiger partial charge is 0.280 e. The van der Waals surface area contributed by atoms with Crippen LogP contribution < -0.4 is 4.72 Å². The molecule has 2 aromatic heterocycles. The second-order valence-electron chi connectivity index (χ2n) is 4.74. The highest BCUT2D eigenvalue weighted by Crippen LogP contribution is 2.28. The van der Waals surface area contributed by atoms with Crippen molar-refractivity contribution in [3.05, 3.63) is 39.8 Å². The molecule has 2 N–H and O–H groups in total. The third-order valence-electron chi connectivity index (χ3n) is 3.20. The SMILES string of the molecule is Cc1nc(S(=O)(=O)Nc2cccc3c(C#N)c[nH]c23)c(C)s1. The summed E-state index contributed by atoms with van der Waals surface area (Å²) in [5.74, 6) is 0. The van der Waals surface area contributed by atoms with Gasteiger partial charge in [-0.1, -0.05) is 12.1 Å². The Morgan fingerprint density at radius 2 is 2.14 bits per heavy atom. The van der Waals surface area contributed by atoms with Gasteiger partial charge in [0.2, 0.25) is 0 Å². The average molecular weight is 332 g/mol. The van der Waals surface area contributed by atoms with E-state index in [1.54, 1.807) is 38.2 Å². The Kier molecular flexibility index (Phi) is 3.39. The third kappa shape index (κ3) is 2.34. The van der Waals surface area contributed by atoms with Crippen molar-refractivity contribution in [2.24, 2.45) is 0 Å². The van der Waals surface area contributed by atoms with Crippen LogP contribution in [0.4, 0.5) is 5.69 Å². The quantitative estimate of drug-likeness (QED) is 0.770. The first-order valence-corrected chi connectivity index (χ1v) is 8.69. The Morgan fingerprint density at radius 1 is 1.36 bits per heavy atom. The first-order chi connectivity index (χ1) is 10.4. The van der Waals surface area contributed by atoms with Gasteiger partial charge in [-0.15, -0.1) is 11.3 Å². The van der Waals surface area contributed by atoms with Crippen LogP contribution in [0.15, 0.2) is 29.4 Å². The van der Waals surface area contributed by atoms with E-state index in [4.69, 9.17) is 5.26 Å². The molecule has 22 heavy (non-hydrogen) atoms. The lowest BCUT2D eigenvalue weighted by molar-refractivity contribution is 0.597. The maximum Gasteiger partial charge on any atom is 0.280 e. The Bertz CT molecular complexity index is 1010. The number of hydrogen-bond donors (Lipinski definition) is 2.